The Hall–Kier alpha value is -0.0800. The number of aliphatic hydroxyl groups excluding tert-OH is 1. The highest BCUT2D eigenvalue weighted by Crippen LogP contribution is 2.33. The van der Waals surface area contributed by atoms with E-state index >= 15 is 0 Å². The number of likely N-dealkylation sites (tertiary alicyclic amines) is 1. The molecular formula is C15H31IN4O. The Morgan fingerprint density at radius 3 is 2.71 bits per heavy atom. The lowest BCUT2D eigenvalue weighted by atomic mass is 10.2. The number of guanidine groups is 1. The van der Waals surface area contributed by atoms with Crippen LogP contribution in [0.25, 0.3) is 0 Å². The maximum absolute atomic E-state index is 9.08. The summed E-state index contributed by atoms with van der Waals surface area (Å²) < 4.78 is 0. The van der Waals surface area contributed by atoms with Gasteiger partial charge in [-0.3, -0.25) is 9.89 Å². The maximum Gasteiger partial charge on any atom is 0.191 e. The maximum atomic E-state index is 9.08. The molecule has 3 unspecified atom stereocenters. The van der Waals surface area contributed by atoms with Crippen molar-refractivity contribution in [2.24, 2.45) is 10.9 Å². The van der Waals surface area contributed by atoms with Gasteiger partial charge in [0.1, 0.15) is 0 Å². The van der Waals surface area contributed by atoms with Crippen LogP contribution in [-0.2, 0) is 0 Å². The standard InChI is InChI=1S/C15H30N4O.HI/c1-4-16-15(17-8-11(2)10-20)18-13-7-12(3)19(9-13)14-5-6-14;/h11-14,20H,4-10H2,1-3H3,(H2,16,17,18);1H. The number of aliphatic imine (C=N–C) groups is 1. The monoisotopic (exact) mass is 410 g/mol. The lowest BCUT2D eigenvalue weighted by molar-refractivity contribution is 0.241. The van der Waals surface area contributed by atoms with E-state index in [1.165, 1.54) is 19.3 Å². The second kappa shape index (κ2) is 9.15. The second-order valence-electron chi connectivity index (χ2n) is 6.36. The van der Waals surface area contributed by atoms with Crippen LogP contribution in [0, 0.1) is 5.92 Å². The van der Waals surface area contributed by atoms with Gasteiger partial charge in [-0.25, -0.2) is 0 Å². The molecule has 0 aromatic rings. The highest BCUT2D eigenvalue weighted by molar-refractivity contribution is 14.0. The van der Waals surface area contributed by atoms with Crippen LogP contribution in [0.5, 0.6) is 0 Å². The van der Waals surface area contributed by atoms with Crippen LogP contribution in [0.4, 0.5) is 0 Å². The first-order valence-corrected chi connectivity index (χ1v) is 8.05. The molecule has 0 spiro atoms. The van der Waals surface area contributed by atoms with Crippen molar-refractivity contribution in [3.05, 3.63) is 0 Å². The highest BCUT2D eigenvalue weighted by Gasteiger charge is 2.38. The molecule has 1 aliphatic heterocycles. The summed E-state index contributed by atoms with van der Waals surface area (Å²) in [4.78, 5) is 7.21. The molecule has 21 heavy (non-hydrogen) atoms. The van der Waals surface area contributed by atoms with Gasteiger partial charge >= 0.3 is 0 Å². The lowest BCUT2D eigenvalue weighted by Crippen LogP contribution is -2.45. The lowest BCUT2D eigenvalue weighted by Gasteiger charge is -2.20. The van der Waals surface area contributed by atoms with Gasteiger partial charge in [0.2, 0.25) is 0 Å². The minimum Gasteiger partial charge on any atom is -0.396 e. The van der Waals surface area contributed by atoms with Gasteiger partial charge in [-0.2, -0.15) is 0 Å². The third kappa shape index (κ3) is 5.90. The predicted octanol–water partition coefficient (Wildman–Crippen LogP) is 1.41. The molecule has 2 fully saturated rings. The normalized spacial score (nSPS) is 28.1. The van der Waals surface area contributed by atoms with Gasteiger partial charge in [0.05, 0.1) is 0 Å². The minimum atomic E-state index is 0. The SMILES string of the molecule is CCNC(=NCC(C)CO)NC1CC(C)N(C2CC2)C1.I. The van der Waals surface area contributed by atoms with E-state index in [2.05, 4.69) is 34.4 Å². The third-order valence-corrected chi connectivity index (χ3v) is 4.20. The molecule has 3 N–H and O–H groups in total. The molecule has 0 radical (unpaired) electrons. The van der Waals surface area contributed by atoms with Crippen molar-refractivity contribution < 1.29 is 5.11 Å². The Balaban J connectivity index is 0.00000220. The van der Waals surface area contributed by atoms with Gasteiger partial charge in [-0.1, -0.05) is 6.92 Å². The molecule has 124 valence electrons. The summed E-state index contributed by atoms with van der Waals surface area (Å²) in [6.07, 6.45) is 3.94. The predicted molar refractivity (Wildman–Crippen MR) is 98.4 cm³/mol. The number of rotatable bonds is 6. The summed E-state index contributed by atoms with van der Waals surface area (Å²) in [6.45, 7) is 9.29. The Labute approximate surface area is 146 Å². The van der Waals surface area contributed by atoms with Gasteiger partial charge in [0.25, 0.3) is 0 Å². The van der Waals surface area contributed by atoms with Crippen LogP contribution in [0.1, 0.15) is 40.0 Å². The van der Waals surface area contributed by atoms with Crippen molar-refractivity contribution >= 4 is 29.9 Å². The smallest absolute Gasteiger partial charge is 0.191 e. The van der Waals surface area contributed by atoms with Crippen molar-refractivity contribution in [2.45, 2.75) is 58.2 Å². The summed E-state index contributed by atoms with van der Waals surface area (Å²) in [5, 5.41) is 15.9. The molecule has 2 aliphatic rings. The molecule has 0 amide bonds. The fraction of sp³-hybridized carbons (Fsp3) is 0.933. The van der Waals surface area contributed by atoms with E-state index in [4.69, 9.17) is 5.11 Å². The van der Waals surface area contributed by atoms with Crippen LogP contribution >= 0.6 is 24.0 Å². The van der Waals surface area contributed by atoms with E-state index in [0.29, 0.717) is 18.6 Å². The molecule has 3 atom stereocenters. The zero-order chi connectivity index (χ0) is 14.5. The number of halogens is 1. The van der Waals surface area contributed by atoms with Gasteiger partial charge in [0, 0.05) is 44.4 Å². The first kappa shape index (κ1) is 19.0. The zero-order valence-corrected chi connectivity index (χ0v) is 15.8. The average molecular weight is 410 g/mol. The van der Waals surface area contributed by atoms with Gasteiger partial charge in [-0.15, -0.1) is 24.0 Å². The van der Waals surface area contributed by atoms with Gasteiger partial charge < -0.3 is 15.7 Å². The quantitative estimate of drug-likeness (QED) is 0.352. The number of hydrogen-bond donors (Lipinski definition) is 3. The molecule has 0 aromatic heterocycles. The van der Waals surface area contributed by atoms with E-state index in [1.54, 1.807) is 0 Å². The summed E-state index contributed by atoms with van der Waals surface area (Å²) in [5.74, 6) is 1.11. The molecule has 1 saturated heterocycles. The Morgan fingerprint density at radius 1 is 1.43 bits per heavy atom. The van der Waals surface area contributed by atoms with Crippen LogP contribution < -0.4 is 10.6 Å². The second-order valence-corrected chi connectivity index (χ2v) is 6.36. The summed E-state index contributed by atoms with van der Waals surface area (Å²) in [7, 11) is 0. The molecule has 6 heteroatoms. The zero-order valence-electron chi connectivity index (χ0n) is 13.5. The molecule has 1 saturated carbocycles. The van der Waals surface area contributed by atoms with Gasteiger partial charge in [0.15, 0.2) is 5.96 Å². The summed E-state index contributed by atoms with van der Waals surface area (Å²) >= 11 is 0. The minimum absolute atomic E-state index is 0. The number of aliphatic hydroxyl groups is 1. The average Bonchev–Trinajstić information content (AvgIpc) is 3.20. The van der Waals surface area contributed by atoms with Crippen molar-refractivity contribution in [1.29, 1.82) is 0 Å². The van der Waals surface area contributed by atoms with Crippen LogP contribution in [0.15, 0.2) is 4.99 Å². The van der Waals surface area contributed by atoms with E-state index in [-0.39, 0.29) is 36.5 Å². The molecule has 1 heterocycles. The van der Waals surface area contributed by atoms with Crippen molar-refractivity contribution in [3.8, 4) is 0 Å². The molecule has 0 bridgehead atoms. The third-order valence-electron chi connectivity index (χ3n) is 4.20. The van der Waals surface area contributed by atoms with Crippen molar-refractivity contribution in [1.82, 2.24) is 15.5 Å². The number of hydrogen-bond acceptors (Lipinski definition) is 3. The van der Waals surface area contributed by atoms with Gasteiger partial charge in [-0.05, 0) is 39.0 Å². The summed E-state index contributed by atoms with van der Waals surface area (Å²) in [6, 6.07) is 2.01. The number of nitrogens with one attached hydrogen (secondary N) is 2. The topological polar surface area (TPSA) is 59.9 Å². The molecule has 5 nitrogen and oxygen atoms in total. The van der Waals surface area contributed by atoms with E-state index in [0.717, 1.165) is 25.1 Å². The van der Waals surface area contributed by atoms with Crippen LogP contribution in [0.3, 0.4) is 0 Å². The van der Waals surface area contributed by atoms with Crippen LogP contribution in [0.2, 0.25) is 0 Å². The van der Waals surface area contributed by atoms with Crippen LogP contribution in [-0.4, -0.2) is 60.3 Å². The van der Waals surface area contributed by atoms with E-state index in [9.17, 15) is 0 Å². The Morgan fingerprint density at radius 2 is 2.14 bits per heavy atom. The summed E-state index contributed by atoms with van der Waals surface area (Å²) in [5.41, 5.74) is 0. The largest absolute Gasteiger partial charge is 0.396 e. The van der Waals surface area contributed by atoms with Crippen molar-refractivity contribution in [2.75, 3.05) is 26.2 Å². The fourth-order valence-corrected chi connectivity index (χ4v) is 2.89. The molecule has 2 rings (SSSR count). The Kier molecular flexibility index (Phi) is 8.26. The molecule has 1 aliphatic carbocycles. The first-order chi connectivity index (χ1) is 9.63. The fourth-order valence-electron chi connectivity index (χ4n) is 2.89. The highest BCUT2D eigenvalue weighted by atomic mass is 127. The van der Waals surface area contributed by atoms with Crippen molar-refractivity contribution in [3.63, 3.8) is 0 Å². The number of nitrogens with zero attached hydrogens (tertiary/aromatic N) is 2. The Bertz CT molecular complexity index is 336. The van der Waals surface area contributed by atoms with E-state index in [1.807, 2.05) is 6.92 Å². The molecular weight excluding hydrogens is 379 g/mol. The first-order valence-electron chi connectivity index (χ1n) is 8.05. The molecule has 0 aromatic carbocycles. The van der Waals surface area contributed by atoms with E-state index < -0.39 is 0 Å².